The van der Waals surface area contributed by atoms with Crippen LogP contribution in [0.25, 0.3) is 0 Å². The van der Waals surface area contributed by atoms with Gasteiger partial charge in [-0.25, -0.2) is 0 Å². The molecule has 0 aromatic heterocycles. The summed E-state index contributed by atoms with van der Waals surface area (Å²) < 4.78 is 0. The number of nitrogens with one attached hydrogen (secondary N) is 2. The first-order valence-corrected chi connectivity index (χ1v) is 9.67. The Kier molecular flexibility index (Phi) is 5.55. The summed E-state index contributed by atoms with van der Waals surface area (Å²) in [4.78, 5) is 24.3. The third-order valence-corrected chi connectivity index (χ3v) is 5.99. The smallest absolute Gasteiger partial charge is 0.313 e. The molecule has 0 saturated heterocycles. The minimum absolute atomic E-state index is 0.0300. The Morgan fingerprint density at radius 1 is 1.19 bits per heavy atom. The fourth-order valence-electron chi connectivity index (χ4n) is 2.88. The number of thioether (sulfide) groups is 1. The summed E-state index contributed by atoms with van der Waals surface area (Å²) in [6, 6.07) is 12.7. The van der Waals surface area contributed by atoms with Crippen molar-refractivity contribution in [3.8, 4) is 0 Å². The fourth-order valence-corrected chi connectivity index (χ4v) is 4.23. The summed E-state index contributed by atoms with van der Waals surface area (Å²) in [6.45, 7) is 1.73. The average molecular weight is 391 g/mol. The van der Waals surface area contributed by atoms with Crippen LogP contribution in [0.1, 0.15) is 16.7 Å². The van der Waals surface area contributed by atoms with Crippen LogP contribution in [0, 0.1) is 6.92 Å². The van der Waals surface area contributed by atoms with Gasteiger partial charge < -0.3 is 15.7 Å². The summed E-state index contributed by atoms with van der Waals surface area (Å²) in [6.07, 6.45) is 0. The van der Waals surface area contributed by atoms with Crippen LogP contribution < -0.4 is 10.6 Å². The molecule has 0 saturated carbocycles. The highest BCUT2D eigenvalue weighted by atomic mass is 35.5. The van der Waals surface area contributed by atoms with E-state index in [2.05, 4.69) is 10.6 Å². The molecule has 1 atom stereocenters. The normalized spacial score (nSPS) is 18.7. The molecular weight excluding hydrogens is 372 g/mol. The number of amides is 2. The average Bonchev–Trinajstić information content (AvgIpc) is 2.64. The first kappa shape index (κ1) is 18.8. The molecule has 5 nitrogen and oxygen atoms in total. The van der Waals surface area contributed by atoms with Gasteiger partial charge >= 0.3 is 11.8 Å². The number of fused-ring (bicyclic) bond motifs is 1. The quantitative estimate of drug-likeness (QED) is 0.704. The Labute approximate surface area is 161 Å². The maximum atomic E-state index is 12.2. The molecule has 1 aliphatic heterocycles. The molecule has 3 N–H and O–H groups in total. The second-order valence-electron chi connectivity index (χ2n) is 6.23. The number of carbonyl (C=O) groups excluding carboxylic acids is 2. The minimum atomic E-state index is -1.19. The minimum Gasteiger partial charge on any atom is -0.382 e. The van der Waals surface area contributed by atoms with Crippen LogP contribution in [0.5, 0.6) is 0 Å². The first-order chi connectivity index (χ1) is 12.4. The molecule has 2 aromatic rings. The van der Waals surface area contributed by atoms with E-state index in [1.54, 1.807) is 36.9 Å². The largest absolute Gasteiger partial charge is 0.382 e. The molecule has 2 amide bonds. The maximum absolute atomic E-state index is 12.2. The predicted molar refractivity (Wildman–Crippen MR) is 104 cm³/mol. The van der Waals surface area contributed by atoms with Crippen molar-refractivity contribution in [2.75, 3.05) is 17.6 Å². The highest BCUT2D eigenvalue weighted by Crippen LogP contribution is 2.35. The zero-order chi connectivity index (χ0) is 18.7. The van der Waals surface area contributed by atoms with Gasteiger partial charge in [0.15, 0.2) is 0 Å². The highest BCUT2D eigenvalue weighted by molar-refractivity contribution is 7.98. The molecule has 136 valence electrons. The second kappa shape index (κ2) is 7.70. The van der Waals surface area contributed by atoms with Gasteiger partial charge in [0.05, 0.1) is 6.54 Å². The fraction of sp³-hybridized carbons (Fsp3) is 0.263. The zero-order valence-electron chi connectivity index (χ0n) is 14.2. The highest BCUT2D eigenvalue weighted by Gasteiger charge is 2.35. The van der Waals surface area contributed by atoms with Crippen LogP contribution in [-0.4, -0.2) is 29.2 Å². The van der Waals surface area contributed by atoms with Crippen molar-refractivity contribution in [3.63, 3.8) is 0 Å². The van der Waals surface area contributed by atoms with Gasteiger partial charge in [0.1, 0.15) is 5.60 Å². The molecule has 26 heavy (non-hydrogen) atoms. The summed E-state index contributed by atoms with van der Waals surface area (Å²) in [5, 5.41) is 16.5. The van der Waals surface area contributed by atoms with Crippen LogP contribution in [-0.2, 0) is 20.9 Å². The number of benzene rings is 2. The number of rotatable bonds is 3. The van der Waals surface area contributed by atoms with Gasteiger partial charge in [-0.1, -0.05) is 41.9 Å². The van der Waals surface area contributed by atoms with Crippen molar-refractivity contribution < 1.29 is 14.7 Å². The summed E-state index contributed by atoms with van der Waals surface area (Å²) in [5.41, 5.74) is 1.81. The summed E-state index contributed by atoms with van der Waals surface area (Å²) >= 11 is 7.61. The molecule has 0 fully saturated rings. The number of hydrogen-bond donors (Lipinski definition) is 3. The molecule has 1 heterocycles. The van der Waals surface area contributed by atoms with Gasteiger partial charge in [-0.2, -0.15) is 11.8 Å². The van der Waals surface area contributed by atoms with Crippen molar-refractivity contribution in [1.29, 1.82) is 0 Å². The lowest BCUT2D eigenvalue weighted by molar-refractivity contribution is -0.136. The lowest BCUT2D eigenvalue weighted by Gasteiger charge is -2.34. The monoisotopic (exact) mass is 390 g/mol. The van der Waals surface area contributed by atoms with E-state index >= 15 is 0 Å². The molecule has 0 bridgehead atoms. The van der Waals surface area contributed by atoms with Gasteiger partial charge in [0.25, 0.3) is 0 Å². The van der Waals surface area contributed by atoms with Crippen LogP contribution in [0.15, 0.2) is 42.5 Å². The topological polar surface area (TPSA) is 78.4 Å². The van der Waals surface area contributed by atoms with Gasteiger partial charge in [-0.05, 0) is 35.7 Å². The molecular formula is C19H19ClN2O3S. The molecule has 0 spiro atoms. The van der Waals surface area contributed by atoms with E-state index in [1.165, 1.54) is 0 Å². The number of carbonyl (C=O) groups is 2. The van der Waals surface area contributed by atoms with E-state index in [0.717, 1.165) is 16.9 Å². The van der Waals surface area contributed by atoms with Crippen LogP contribution in [0.4, 0.5) is 5.69 Å². The molecule has 0 aliphatic carbocycles. The summed E-state index contributed by atoms with van der Waals surface area (Å²) in [5.74, 6) is -0.318. The second-order valence-corrected chi connectivity index (χ2v) is 7.62. The van der Waals surface area contributed by atoms with Gasteiger partial charge in [0, 0.05) is 22.2 Å². The Bertz CT molecular complexity index is 858. The van der Waals surface area contributed by atoms with E-state index in [9.17, 15) is 14.7 Å². The Morgan fingerprint density at radius 2 is 1.96 bits per heavy atom. The van der Waals surface area contributed by atoms with Crippen LogP contribution >= 0.6 is 23.4 Å². The molecule has 1 unspecified atom stereocenters. The maximum Gasteiger partial charge on any atom is 0.313 e. The van der Waals surface area contributed by atoms with E-state index in [-0.39, 0.29) is 6.54 Å². The molecule has 3 rings (SSSR count). The van der Waals surface area contributed by atoms with Crippen molar-refractivity contribution in [2.45, 2.75) is 18.3 Å². The lowest BCUT2D eigenvalue weighted by atomic mass is 9.91. The van der Waals surface area contributed by atoms with Crippen molar-refractivity contribution >= 4 is 40.9 Å². The van der Waals surface area contributed by atoms with Gasteiger partial charge in [-0.15, -0.1) is 0 Å². The van der Waals surface area contributed by atoms with Crippen molar-refractivity contribution in [3.05, 3.63) is 64.2 Å². The third kappa shape index (κ3) is 3.87. The van der Waals surface area contributed by atoms with E-state index < -0.39 is 17.4 Å². The number of aliphatic hydroxyl groups is 1. The standard InChI is InChI=1S/C19H19ClN2O3S/c1-12-15(20)7-4-8-16(12)22-18(24)17(23)21-10-19(25)11-26-9-13-5-2-3-6-14(13)19/h2-8,25H,9-11H2,1H3,(H,21,23)(H,22,24). The SMILES string of the molecule is Cc1c(Cl)cccc1NC(=O)C(=O)NCC1(O)CSCc2ccccc21. The third-order valence-electron chi connectivity index (χ3n) is 4.38. The van der Waals surface area contributed by atoms with E-state index in [1.807, 2.05) is 24.3 Å². The number of halogens is 1. The molecule has 1 aliphatic rings. The van der Waals surface area contributed by atoms with E-state index in [0.29, 0.717) is 22.0 Å². The number of hydrogen-bond acceptors (Lipinski definition) is 4. The molecule has 7 heteroatoms. The van der Waals surface area contributed by atoms with Crippen molar-refractivity contribution in [2.24, 2.45) is 0 Å². The lowest BCUT2D eigenvalue weighted by Crippen LogP contribution is -2.47. The van der Waals surface area contributed by atoms with Crippen LogP contribution in [0.3, 0.4) is 0 Å². The Hall–Kier alpha value is -2.02. The van der Waals surface area contributed by atoms with Crippen molar-refractivity contribution in [1.82, 2.24) is 5.32 Å². The predicted octanol–water partition coefficient (Wildman–Crippen LogP) is 2.84. The Balaban J connectivity index is 1.65. The first-order valence-electron chi connectivity index (χ1n) is 8.13. The Morgan fingerprint density at radius 3 is 2.77 bits per heavy atom. The van der Waals surface area contributed by atoms with Gasteiger partial charge in [-0.3, -0.25) is 9.59 Å². The van der Waals surface area contributed by atoms with E-state index in [4.69, 9.17) is 11.6 Å². The molecule has 0 radical (unpaired) electrons. The zero-order valence-corrected chi connectivity index (χ0v) is 15.8. The number of anilines is 1. The summed E-state index contributed by atoms with van der Waals surface area (Å²) in [7, 11) is 0. The van der Waals surface area contributed by atoms with Gasteiger partial charge in [0.2, 0.25) is 0 Å². The van der Waals surface area contributed by atoms with Crippen LogP contribution in [0.2, 0.25) is 5.02 Å². The molecule has 2 aromatic carbocycles.